The van der Waals surface area contributed by atoms with E-state index in [0.29, 0.717) is 26.3 Å². The lowest BCUT2D eigenvalue weighted by molar-refractivity contribution is -0.136. The second kappa shape index (κ2) is 5.77. The van der Waals surface area contributed by atoms with Gasteiger partial charge in [0.2, 0.25) is 5.91 Å². The average Bonchev–Trinajstić information content (AvgIpc) is 3.37. The SMILES string of the molecule is N#Cc1cn(C2CC2)c(=O)n(CC(=O)N2CCOCC2)c1=O. The van der Waals surface area contributed by atoms with Gasteiger partial charge in [0.05, 0.1) is 13.2 Å². The Labute approximate surface area is 126 Å². The molecule has 0 unspecified atom stereocenters. The normalized spacial score (nSPS) is 18.0. The lowest BCUT2D eigenvalue weighted by Gasteiger charge is -2.27. The molecular formula is C14H16N4O4. The molecule has 0 N–H and O–H groups in total. The molecule has 1 amide bonds. The smallest absolute Gasteiger partial charge is 0.331 e. The monoisotopic (exact) mass is 304 g/mol. The predicted octanol–water partition coefficient (Wildman–Crippen LogP) is -0.925. The quantitative estimate of drug-likeness (QED) is 0.719. The van der Waals surface area contributed by atoms with Crippen LogP contribution in [0.3, 0.4) is 0 Å². The summed E-state index contributed by atoms with van der Waals surface area (Å²) in [6.07, 6.45) is 3.00. The third-order valence-electron chi connectivity index (χ3n) is 3.91. The highest BCUT2D eigenvalue weighted by molar-refractivity contribution is 5.76. The van der Waals surface area contributed by atoms with Crippen molar-refractivity contribution in [1.29, 1.82) is 5.26 Å². The molecule has 1 saturated heterocycles. The van der Waals surface area contributed by atoms with E-state index in [2.05, 4.69) is 0 Å². The summed E-state index contributed by atoms with van der Waals surface area (Å²) in [5.41, 5.74) is -1.33. The van der Waals surface area contributed by atoms with Gasteiger partial charge in [0, 0.05) is 25.3 Å². The van der Waals surface area contributed by atoms with Crippen LogP contribution in [0.5, 0.6) is 0 Å². The topological polar surface area (TPSA) is 97.3 Å². The van der Waals surface area contributed by atoms with Crippen molar-refractivity contribution in [1.82, 2.24) is 14.0 Å². The molecule has 8 heteroatoms. The number of hydrogen-bond donors (Lipinski definition) is 0. The Morgan fingerprint density at radius 3 is 2.59 bits per heavy atom. The van der Waals surface area contributed by atoms with Gasteiger partial charge in [-0.15, -0.1) is 0 Å². The van der Waals surface area contributed by atoms with Crippen LogP contribution in [-0.2, 0) is 16.1 Å². The number of ether oxygens (including phenoxy) is 1. The van der Waals surface area contributed by atoms with Gasteiger partial charge in [-0.2, -0.15) is 5.26 Å². The van der Waals surface area contributed by atoms with Gasteiger partial charge in [0.1, 0.15) is 18.2 Å². The van der Waals surface area contributed by atoms with Crippen molar-refractivity contribution in [3.8, 4) is 6.07 Å². The molecule has 0 atom stereocenters. The predicted molar refractivity (Wildman–Crippen MR) is 75.3 cm³/mol. The Hall–Kier alpha value is -2.40. The van der Waals surface area contributed by atoms with Gasteiger partial charge in [-0.05, 0) is 12.8 Å². The van der Waals surface area contributed by atoms with E-state index in [9.17, 15) is 14.4 Å². The Bertz CT molecular complexity index is 748. The van der Waals surface area contributed by atoms with Crippen LogP contribution in [0.4, 0.5) is 0 Å². The molecule has 1 aromatic rings. The fourth-order valence-corrected chi connectivity index (χ4v) is 2.50. The molecular weight excluding hydrogens is 288 g/mol. The second-order valence-electron chi connectivity index (χ2n) is 5.46. The number of nitriles is 1. The third kappa shape index (κ3) is 2.67. The summed E-state index contributed by atoms with van der Waals surface area (Å²) in [6.45, 7) is 1.46. The average molecular weight is 304 g/mol. The first-order valence-corrected chi connectivity index (χ1v) is 7.23. The van der Waals surface area contributed by atoms with Gasteiger partial charge in [-0.25, -0.2) is 9.36 Å². The largest absolute Gasteiger partial charge is 0.378 e. The van der Waals surface area contributed by atoms with Crippen molar-refractivity contribution in [3.63, 3.8) is 0 Å². The van der Waals surface area contributed by atoms with E-state index in [4.69, 9.17) is 10.00 Å². The Kier molecular flexibility index (Phi) is 3.81. The molecule has 22 heavy (non-hydrogen) atoms. The zero-order valence-electron chi connectivity index (χ0n) is 12.0. The molecule has 0 bridgehead atoms. The summed E-state index contributed by atoms with van der Waals surface area (Å²) in [4.78, 5) is 38.4. The Balaban J connectivity index is 1.94. The van der Waals surface area contributed by atoms with E-state index in [1.54, 1.807) is 11.0 Å². The third-order valence-corrected chi connectivity index (χ3v) is 3.91. The maximum absolute atomic E-state index is 12.4. The Morgan fingerprint density at radius 2 is 2.00 bits per heavy atom. The molecule has 2 fully saturated rings. The first kappa shape index (κ1) is 14.5. The highest BCUT2D eigenvalue weighted by atomic mass is 16.5. The molecule has 116 valence electrons. The number of carbonyl (C=O) groups excluding carboxylic acids is 1. The Morgan fingerprint density at radius 1 is 1.32 bits per heavy atom. The summed E-state index contributed by atoms with van der Waals surface area (Å²) in [5.74, 6) is -0.306. The minimum absolute atomic E-state index is 0.0324. The molecule has 1 aliphatic carbocycles. The van der Waals surface area contributed by atoms with Crippen LogP contribution in [0.25, 0.3) is 0 Å². The first-order chi connectivity index (χ1) is 10.6. The molecule has 1 saturated carbocycles. The highest BCUT2D eigenvalue weighted by Gasteiger charge is 2.28. The zero-order valence-corrected chi connectivity index (χ0v) is 12.0. The van der Waals surface area contributed by atoms with E-state index in [1.165, 1.54) is 10.8 Å². The van der Waals surface area contributed by atoms with Gasteiger partial charge in [0.25, 0.3) is 5.56 Å². The summed E-state index contributed by atoms with van der Waals surface area (Å²) in [7, 11) is 0. The second-order valence-corrected chi connectivity index (χ2v) is 5.46. The number of carbonyl (C=O) groups is 1. The minimum Gasteiger partial charge on any atom is -0.378 e. The van der Waals surface area contributed by atoms with Crippen LogP contribution in [0.2, 0.25) is 0 Å². The fourth-order valence-electron chi connectivity index (χ4n) is 2.50. The lowest BCUT2D eigenvalue weighted by Crippen LogP contribution is -2.47. The van der Waals surface area contributed by atoms with Crippen LogP contribution in [-0.4, -0.2) is 46.2 Å². The van der Waals surface area contributed by atoms with Crippen LogP contribution >= 0.6 is 0 Å². The molecule has 8 nitrogen and oxygen atoms in total. The standard InChI is InChI=1S/C14H16N4O4/c15-7-10-8-17(11-1-2-11)14(21)18(13(10)20)9-12(19)16-3-5-22-6-4-16/h8,11H,1-6,9H2. The number of aromatic nitrogens is 2. The maximum Gasteiger partial charge on any atom is 0.331 e. The number of hydrogen-bond acceptors (Lipinski definition) is 5. The number of rotatable bonds is 3. The molecule has 0 radical (unpaired) electrons. The van der Waals surface area contributed by atoms with Crippen molar-refractivity contribution < 1.29 is 9.53 Å². The van der Waals surface area contributed by atoms with Crippen molar-refractivity contribution in [2.24, 2.45) is 0 Å². The highest BCUT2D eigenvalue weighted by Crippen LogP contribution is 2.33. The van der Waals surface area contributed by atoms with Crippen molar-refractivity contribution in [2.75, 3.05) is 26.3 Å². The molecule has 0 spiro atoms. The summed E-state index contributed by atoms with van der Waals surface area (Å²) >= 11 is 0. The van der Waals surface area contributed by atoms with Gasteiger partial charge in [-0.3, -0.25) is 14.2 Å². The maximum atomic E-state index is 12.4. The first-order valence-electron chi connectivity index (χ1n) is 7.23. The van der Waals surface area contributed by atoms with E-state index in [-0.39, 0.29) is 24.1 Å². The zero-order chi connectivity index (χ0) is 15.7. The van der Waals surface area contributed by atoms with Crippen molar-refractivity contribution in [2.45, 2.75) is 25.4 Å². The van der Waals surface area contributed by atoms with Crippen molar-refractivity contribution >= 4 is 5.91 Å². The molecule has 2 aliphatic rings. The van der Waals surface area contributed by atoms with E-state index >= 15 is 0 Å². The van der Waals surface area contributed by atoms with Gasteiger partial charge >= 0.3 is 5.69 Å². The summed E-state index contributed by atoms with van der Waals surface area (Å²) in [5, 5.41) is 9.05. The van der Waals surface area contributed by atoms with E-state index in [1.807, 2.05) is 0 Å². The number of morpholine rings is 1. The number of amides is 1. The van der Waals surface area contributed by atoms with Crippen molar-refractivity contribution in [3.05, 3.63) is 32.6 Å². The van der Waals surface area contributed by atoms with Crippen LogP contribution in [0.1, 0.15) is 24.4 Å². The molecule has 0 aromatic carbocycles. The van der Waals surface area contributed by atoms with Gasteiger partial charge < -0.3 is 9.64 Å². The van der Waals surface area contributed by atoms with E-state index < -0.39 is 11.2 Å². The molecule has 2 heterocycles. The summed E-state index contributed by atoms with van der Waals surface area (Å²) < 4.78 is 7.44. The minimum atomic E-state index is -0.703. The molecule has 1 aliphatic heterocycles. The fraction of sp³-hybridized carbons (Fsp3) is 0.571. The van der Waals surface area contributed by atoms with Crippen LogP contribution in [0, 0.1) is 11.3 Å². The van der Waals surface area contributed by atoms with Crippen LogP contribution < -0.4 is 11.2 Å². The van der Waals surface area contributed by atoms with Gasteiger partial charge in [0.15, 0.2) is 0 Å². The van der Waals surface area contributed by atoms with Gasteiger partial charge in [-0.1, -0.05) is 0 Å². The van der Waals surface area contributed by atoms with Crippen LogP contribution in [0.15, 0.2) is 15.8 Å². The lowest BCUT2D eigenvalue weighted by atomic mass is 10.3. The van der Waals surface area contributed by atoms with E-state index in [0.717, 1.165) is 17.4 Å². The molecule has 3 rings (SSSR count). The molecule has 1 aromatic heterocycles. The summed E-state index contributed by atoms with van der Waals surface area (Å²) in [6, 6.07) is 1.83. The number of nitrogens with zero attached hydrogens (tertiary/aromatic N) is 4.